The van der Waals surface area contributed by atoms with E-state index in [1.165, 1.54) is 0 Å². The molecular formula is C6H3ClF2N2O2. The molecule has 0 saturated heterocycles. The van der Waals surface area contributed by atoms with E-state index in [4.69, 9.17) is 16.7 Å². The number of rotatable bonds is 2. The molecule has 0 aliphatic carbocycles. The molecule has 1 heterocycles. The largest absolute Gasteiger partial charge is 0.476 e. The Morgan fingerprint density at radius 3 is 2.31 bits per heavy atom. The Kier molecular flexibility index (Phi) is 2.42. The third-order valence-electron chi connectivity index (χ3n) is 1.17. The van der Waals surface area contributed by atoms with Crippen LogP contribution < -0.4 is 0 Å². The molecule has 0 aliphatic heterocycles. The van der Waals surface area contributed by atoms with E-state index in [9.17, 15) is 13.6 Å². The molecule has 0 unspecified atom stereocenters. The molecule has 1 aromatic rings. The summed E-state index contributed by atoms with van der Waals surface area (Å²) >= 11 is 5.32. The second kappa shape index (κ2) is 3.21. The fourth-order valence-corrected chi connectivity index (χ4v) is 0.668. The second-order valence-electron chi connectivity index (χ2n) is 2.10. The van der Waals surface area contributed by atoms with E-state index in [0.717, 1.165) is 12.4 Å². The van der Waals surface area contributed by atoms with Crippen molar-refractivity contribution in [3.05, 3.63) is 23.2 Å². The lowest BCUT2D eigenvalue weighted by Gasteiger charge is -2.07. The van der Waals surface area contributed by atoms with Crippen LogP contribution in [-0.4, -0.2) is 21.0 Å². The zero-order chi connectivity index (χ0) is 10.1. The summed E-state index contributed by atoms with van der Waals surface area (Å²) < 4.78 is 25.3. The topological polar surface area (TPSA) is 63.1 Å². The molecule has 0 spiro atoms. The minimum absolute atomic E-state index is 0.0601. The fourth-order valence-electron chi connectivity index (χ4n) is 0.570. The van der Waals surface area contributed by atoms with Crippen molar-refractivity contribution in [2.45, 2.75) is 5.92 Å². The predicted molar refractivity (Wildman–Crippen MR) is 38.6 cm³/mol. The lowest BCUT2D eigenvalue weighted by Crippen LogP contribution is -2.27. The minimum atomic E-state index is -4.08. The van der Waals surface area contributed by atoms with E-state index < -0.39 is 17.7 Å². The van der Waals surface area contributed by atoms with Crippen molar-refractivity contribution >= 4 is 17.6 Å². The summed E-state index contributed by atoms with van der Waals surface area (Å²) in [5.41, 5.74) is 0. The number of aromatic nitrogens is 2. The summed E-state index contributed by atoms with van der Waals surface area (Å²) in [6.07, 6.45) is 1.81. The van der Waals surface area contributed by atoms with Crippen molar-refractivity contribution in [2.24, 2.45) is 0 Å². The normalized spacial score (nSPS) is 11.3. The third-order valence-corrected chi connectivity index (χ3v) is 1.36. The second-order valence-corrected chi connectivity index (χ2v) is 2.54. The van der Waals surface area contributed by atoms with Crippen LogP contribution in [0.25, 0.3) is 0 Å². The lowest BCUT2D eigenvalue weighted by molar-refractivity contribution is -0.167. The number of hydrogen-bond donors (Lipinski definition) is 1. The van der Waals surface area contributed by atoms with Gasteiger partial charge in [0.05, 0.1) is 5.02 Å². The number of carbonyl (C=O) groups is 1. The molecule has 0 aliphatic rings. The van der Waals surface area contributed by atoms with Gasteiger partial charge in [0, 0.05) is 12.4 Å². The van der Waals surface area contributed by atoms with Gasteiger partial charge in [-0.05, 0) is 0 Å². The third kappa shape index (κ3) is 1.89. The zero-order valence-electron chi connectivity index (χ0n) is 6.04. The Hall–Kier alpha value is -1.30. The zero-order valence-corrected chi connectivity index (χ0v) is 6.79. The molecule has 1 aromatic heterocycles. The van der Waals surface area contributed by atoms with Gasteiger partial charge in [-0.2, -0.15) is 8.78 Å². The van der Waals surface area contributed by atoms with Crippen LogP contribution in [0.3, 0.4) is 0 Å². The van der Waals surface area contributed by atoms with E-state index >= 15 is 0 Å². The fraction of sp³-hybridized carbons (Fsp3) is 0.167. The first-order valence-corrected chi connectivity index (χ1v) is 3.41. The Balaban J connectivity index is 3.08. The van der Waals surface area contributed by atoms with Gasteiger partial charge in [0.25, 0.3) is 0 Å². The van der Waals surface area contributed by atoms with Crippen molar-refractivity contribution < 1.29 is 18.7 Å². The lowest BCUT2D eigenvalue weighted by atomic mass is 10.3. The average Bonchev–Trinajstić information content (AvgIpc) is 2.04. The van der Waals surface area contributed by atoms with Crippen LogP contribution in [0.1, 0.15) is 5.82 Å². The van der Waals surface area contributed by atoms with E-state index in [0.29, 0.717) is 0 Å². The Labute approximate surface area is 76.2 Å². The van der Waals surface area contributed by atoms with Crippen LogP contribution in [0.5, 0.6) is 0 Å². The van der Waals surface area contributed by atoms with Crippen molar-refractivity contribution in [2.75, 3.05) is 0 Å². The van der Waals surface area contributed by atoms with Crippen LogP contribution in [0, 0.1) is 0 Å². The van der Waals surface area contributed by atoms with E-state index in [2.05, 4.69) is 9.97 Å². The molecule has 13 heavy (non-hydrogen) atoms. The first-order valence-electron chi connectivity index (χ1n) is 3.04. The number of carboxylic acid groups (broad SMARTS) is 1. The molecule has 0 bridgehead atoms. The molecule has 0 fully saturated rings. The number of carboxylic acids is 1. The van der Waals surface area contributed by atoms with E-state index in [1.807, 2.05) is 0 Å². The van der Waals surface area contributed by atoms with Gasteiger partial charge in [-0.25, -0.2) is 14.8 Å². The number of aliphatic carboxylic acids is 1. The smallest absolute Gasteiger partial charge is 0.400 e. The van der Waals surface area contributed by atoms with Gasteiger partial charge in [0.1, 0.15) is 0 Å². The van der Waals surface area contributed by atoms with Crippen LogP contribution >= 0.6 is 11.6 Å². The number of halogens is 3. The summed E-state index contributed by atoms with van der Waals surface area (Å²) in [7, 11) is 0. The van der Waals surface area contributed by atoms with E-state index in [-0.39, 0.29) is 5.02 Å². The highest BCUT2D eigenvalue weighted by Gasteiger charge is 2.44. The van der Waals surface area contributed by atoms with Crippen molar-refractivity contribution in [1.82, 2.24) is 9.97 Å². The number of nitrogens with zero attached hydrogens (tertiary/aromatic N) is 2. The van der Waals surface area contributed by atoms with Gasteiger partial charge in [0.2, 0.25) is 5.82 Å². The maximum atomic E-state index is 12.6. The van der Waals surface area contributed by atoms with Gasteiger partial charge in [-0.3, -0.25) is 0 Å². The summed E-state index contributed by atoms with van der Waals surface area (Å²) in [6.45, 7) is 0. The minimum Gasteiger partial charge on any atom is -0.476 e. The summed E-state index contributed by atoms with van der Waals surface area (Å²) in [5.74, 6) is -7.45. The molecule has 0 saturated carbocycles. The Bertz CT molecular complexity index is 328. The molecule has 0 atom stereocenters. The highest BCUT2D eigenvalue weighted by atomic mass is 35.5. The van der Waals surface area contributed by atoms with Crippen LogP contribution in [-0.2, 0) is 10.7 Å². The van der Waals surface area contributed by atoms with Crippen LogP contribution in [0.4, 0.5) is 8.78 Å². The Morgan fingerprint density at radius 2 is 1.92 bits per heavy atom. The van der Waals surface area contributed by atoms with Crippen LogP contribution in [0.2, 0.25) is 5.02 Å². The van der Waals surface area contributed by atoms with Crippen molar-refractivity contribution in [1.29, 1.82) is 0 Å². The number of hydrogen-bond acceptors (Lipinski definition) is 3. The summed E-state index contributed by atoms with van der Waals surface area (Å²) in [6, 6.07) is 0. The van der Waals surface area contributed by atoms with Gasteiger partial charge < -0.3 is 5.11 Å². The molecule has 7 heteroatoms. The van der Waals surface area contributed by atoms with Gasteiger partial charge in [0.15, 0.2) is 0 Å². The molecular weight excluding hydrogens is 206 g/mol. The van der Waals surface area contributed by atoms with Crippen LogP contribution in [0.15, 0.2) is 12.4 Å². The monoisotopic (exact) mass is 208 g/mol. The van der Waals surface area contributed by atoms with Gasteiger partial charge >= 0.3 is 11.9 Å². The maximum absolute atomic E-state index is 12.6. The first kappa shape index (κ1) is 9.79. The molecule has 70 valence electrons. The summed E-state index contributed by atoms with van der Waals surface area (Å²) in [4.78, 5) is 16.2. The van der Waals surface area contributed by atoms with Crippen molar-refractivity contribution in [3.8, 4) is 0 Å². The maximum Gasteiger partial charge on any atom is 0.400 e. The highest BCUT2D eigenvalue weighted by molar-refractivity contribution is 6.30. The highest BCUT2D eigenvalue weighted by Crippen LogP contribution is 2.24. The molecule has 0 aromatic carbocycles. The predicted octanol–water partition coefficient (Wildman–Crippen LogP) is 1.31. The summed E-state index contributed by atoms with van der Waals surface area (Å²) in [5, 5.41) is 8.16. The van der Waals surface area contributed by atoms with Crippen molar-refractivity contribution in [3.63, 3.8) is 0 Å². The molecule has 4 nitrogen and oxygen atoms in total. The molecule has 0 radical (unpaired) electrons. The van der Waals surface area contributed by atoms with Gasteiger partial charge in [-0.15, -0.1) is 0 Å². The first-order chi connectivity index (χ1) is 5.94. The van der Waals surface area contributed by atoms with Gasteiger partial charge in [-0.1, -0.05) is 11.6 Å². The Morgan fingerprint density at radius 1 is 1.46 bits per heavy atom. The molecule has 0 amide bonds. The SMILES string of the molecule is O=C(O)C(F)(F)c1ncc(Cl)cn1. The average molecular weight is 209 g/mol. The molecule has 1 N–H and O–H groups in total. The standard InChI is InChI=1S/C6H3ClF2N2O2/c7-3-1-10-4(11-2-3)6(8,9)5(12)13/h1-2H,(H,12,13). The quantitative estimate of drug-likeness (QED) is 0.796. The molecule has 1 rings (SSSR count). The van der Waals surface area contributed by atoms with E-state index in [1.54, 1.807) is 0 Å². The number of alkyl halides is 2.